The van der Waals surface area contributed by atoms with Crippen LogP contribution < -0.4 is 9.47 Å². The zero-order valence-corrected chi connectivity index (χ0v) is 11.9. The summed E-state index contributed by atoms with van der Waals surface area (Å²) in [6, 6.07) is 6.96. The van der Waals surface area contributed by atoms with E-state index in [0.717, 1.165) is 24.3 Å². The van der Waals surface area contributed by atoms with Crippen molar-refractivity contribution in [3.05, 3.63) is 52.6 Å². The Morgan fingerprint density at radius 1 is 0.840 bits per heavy atom. The highest BCUT2D eigenvalue weighted by atomic mass is 19.4. The Balaban J connectivity index is 2.42. The van der Waals surface area contributed by atoms with Gasteiger partial charge in [-0.05, 0) is 29.3 Å². The van der Waals surface area contributed by atoms with E-state index in [1.54, 1.807) is 0 Å². The van der Waals surface area contributed by atoms with Gasteiger partial charge in [0, 0.05) is 6.07 Å². The van der Waals surface area contributed by atoms with E-state index < -0.39 is 34.8 Å². The van der Waals surface area contributed by atoms with E-state index in [4.69, 9.17) is 0 Å². The van der Waals surface area contributed by atoms with Gasteiger partial charge in [0.05, 0.1) is 4.92 Å². The molecule has 2 aromatic carbocycles. The summed E-state index contributed by atoms with van der Waals surface area (Å²) in [6.07, 6.45) is -10.1. The molecule has 0 radical (unpaired) electrons. The largest absolute Gasteiger partial charge is 0.573 e. The zero-order chi connectivity index (χ0) is 18.8. The Morgan fingerprint density at radius 3 is 2.00 bits per heavy atom. The van der Waals surface area contributed by atoms with Gasteiger partial charge in [-0.3, -0.25) is 10.1 Å². The molecule has 0 amide bonds. The molecule has 25 heavy (non-hydrogen) atoms. The minimum absolute atomic E-state index is 0.00819. The quantitative estimate of drug-likeness (QED) is 0.431. The SMILES string of the molecule is O=[N+]([O-])c1cc(-c2cccc(OC(F)(F)F)c2)ccc1OC(F)(F)F. The fraction of sp³-hybridized carbons (Fsp3) is 0.143. The maximum absolute atomic E-state index is 12.3. The molecule has 0 unspecified atom stereocenters. The molecule has 0 N–H and O–H groups in total. The molecule has 0 aliphatic heterocycles. The van der Waals surface area contributed by atoms with Gasteiger partial charge in [0.25, 0.3) is 0 Å². The Morgan fingerprint density at radius 2 is 1.44 bits per heavy atom. The molecule has 0 aliphatic rings. The fourth-order valence-electron chi connectivity index (χ4n) is 1.92. The van der Waals surface area contributed by atoms with Gasteiger partial charge in [-0.2, -0.15) is 0 Å². The lowest BCUT2D eigenvalue weighted by molar-refractivity contribution is -0.388. The van der Waals surface area contributed by atoms with E-state index in [1.807, 2.05) is 0 Å². The molecule has 134 valence electrons. The van der Waals surface area contributed by atoms with Crippen molar-refractivity contribution in [2.45, 2.75) is 12.7 Å². The van der Waals surface area contributed by atoms with E-state index in [0.29, 0.717) is 6.07 Å². The predicted octanol–water partition coefficient (Wildman–Crippen LogP) is 5.06. The molecule has 0 fully saturated rings. The van der Waals surface area contributed by atoms with Crippen molar-refractivity contribution in [3.63, 3.8) is 0 Å². The summed E-state index contributed by atoms with van der Waals surface area (Å²) in [5, 5.41) is 10.9. The van der Waals surface area contributed by atoms with E-state index in [-0.39, 0.29) is 11.1 Å². The molecule has 0 saturated heterocycles. The number of rotatable bonds is 4. The van der Waals surface area contributed by atoms with Crippen molar-refractivity contribution < 1.29 is 40.7 Å². The number of nitro groups is 1. The van der Waals surface area contributed by atoms with Gasteiger partial charge < -0.3 is 9.47 Å². The fourth-order valence-corrected chi connectivity index (χ4v) is 1.92. The minimum Gasteiger partial charge on any atom is -0.406 e. The van der Waals surface area contributed by atoms with Gasteiger partial charge in [-0.1, -0.05) is 18.2 Å². The number of halogens is 6. The molecule has 0 saturated carbocycles. The van der Waals surface area contributed by atoms with Gasteiger partial charge >= 0.3 is 18.4 Å². The predicted molar refractivity (Wildman–Crippen MR) is 71.9 cm³/mol. The highest BCUT2D eigenvalue weighted by Gasteiger charge is 2.34. The molecule has 0 spiro atoms. The number of hydrogen-bond acceptors (Lipinski definition) is 4. The van der Waals surface area contributed by atoms with Gasteiger partial charge in [0.1, 0.15) is 5.75 Å². The highest BCUT2D eigenvalue weighted by Crippen LogP contribution is 2.36. The van der Waals surface area contributed by atoms with Crippen LogP contribution in [0.15, 0.2) is 42.5 Å². The number of hydrogen-bond donors (Lipinski definition) is 0. The Hall–Kier alpha value is -2.98. The van der Waals surface area contributed by atoms with Crippen molar-refractivity contribution in [1.82, 2.24) is 0 Å². The molecule has 5 nitrogen and oxygen atoms in total. The monoisotopic (exact) mass is 367 g/mol. The molecule has 11 heteroatoms. The number of alkyl halides is 6. The number of nitrogens with zero attached hydrogens (tertiary/aromatic N) is 1. The van der Waals surface area contributed by atoms with Crippen LogP contribution in [0.5, 0.6) is 11.5 Å². The summed E-state index contributed by atoms with van der Waals surface area (Å²) in [5.41, 5.74) is -0.908. The average molecular weight is 367 g/mol. The minimum atomic E-state index is -5.13. The molecule has 0 bridgehead atoms. The topological polar surface area (TPSA) is 61.6 Å². The van der Waals surface area contributed by atoms with Crippen LogP contribution in [0.3, 0.4) is 0 Å². The third-order valence-corrected chi connectivity index (χ3v) is 2.78. The first-order valence-electron chi connectivity index (χ1n) is 6.35. The number of benzene rings is 2. The molecule has 2 rings (SSSR count). The van der Waals surface area contributed by atoms with E-state index in [2.05, 4.69) is 9.47 Å². The Kier molecular flexibility index (Phi) is 4.77. The summed E-state index contributed by atoms with van der Waals surface area (Å²) in [5.74, 6) is -1.62. The van der Waals surface area contributed by atoms with Gasteiger partial charge in [0.2, 0.25) is 5.75 Å². The number of ether oxygens (including phenoxy) is 2. The second-order valence-electron chi connectivity index (χ2n) is 4.56. The average Bonchev–Trinajstić information content (AvgIpc) is 2.44. The maximum Gasteiger partial charge on any atom is 0.573 e. The first-order valence-corrected chi connectivity index (χ1v) is 6.35. The second-order valence-corrected chi connectivity index (χ2v) is 4.56. The molecule has 0 heterocycles. The van der Waals surface area contributed by atoms with Gasteiger partial charge in [-0.25, -0.2) is 0 Å². The summed E-state index contributed by atoms with van der Waals surface area (Å²) < 4.78 is 80.7. The Labute approximate surface area is 135 Å². The van der Waals surface area contributed by atoms with Crippen LogP contribution in [0.4, 0.5) is 32.0 Å². The molecule has 2 aromatic rings. The lowest BCUT2D eigenvalue weighted by Gasteiger charge is -2.12. The summed E-state index contributed by atoms with van der Waals surface area (Å²) >= 11 is 0. The van der Waals surface area contributed by atoms with Crippen molar-refractivity contribution in [3.8, 4) is 22.6 Å². The van der Waals surface area contributed by atoms with Gasteiger partial charge in [0.15, 0.2) is 0 Å². The summed E-state index contributed by atoms with van der Waals surface area (Å²) in [6.45, 7) is 0. The lowest BCUT2D eigenvalue weighted by Crippen LogP contribution is -2.18. The van der Waals surface area contributed by atoms with Crippen molar-refractivity contribution in [1.29, 1.82) is 0 Å². The summed E-state index contributed by atoms with van der Waals surface area (Å²) in [7, 11) is 0. The summed E-state index contributed by atoms with van der Waals surface area (Å²) in [4.78, 5) is 9.83. The second kappa shape index (κ2) is 6.49. The molecule has 0 aromatic heterocycles. The van der Waals surface area contributed by atoms with Crippen LogP contribution in [0.2, 0.25) is 0 Å². The van der Waals surface area contributed by atoms with E-state index in [1.165, 1.54) is 12.1 Å². The maximum atomic E-state index is 12.3. The van der Waals surface area contributed by atoms with Crippen LogP contribution in [0, 0.1) is 10.1 Å². The zero-order valence-electron chi connectivity index (χ0n) is 11.9. The van der Waals surface area contributed by atoms with Crippen molar-refractivity contribution in [2.24, 2.45) is 0 Å². The van der Waals surface area contributed by atoms with Crippen LogP contribution >= 0.6 is 0 Å². The number of nitro benzene ring substituents is 1. The van der Waals surface area contributed by atoms with Crippen LogP contribution in [-0.2, 0) is 0 Å². The van der Waals surface area contributed by atoms with Gasteiger partial charge in [-0.15, -0.1) is 26.3 Å². The lowest BCUT2D eigenvalue weighted by atomic mass is 10.0. The smallest absolute Gasteiger partial charge is 0.406 e. The molecular weight excluding hydrogens is 360 g/mol. The van der Waals surface area contributed by atoms with Crippen LogP contribution in [0.1, 0.15) is 0 Å². The third kappa shape index (κ3) is 5.26. The van der Waals surface area contributed by atoms with E-state index in [9.17, 15) is 36.5 Å². The highest BCUT2D eigenvalue weighted by molar-refractivity contribution is 5.70. The molecule has 0 atom stereocenters. The van der Waals surface area contributed by atoms with Crippen molar-refractivity contribution >= 4 is 5.69 Å². The first-order chi connectivity index (χ1) is 11.4. The first kappa shape index (κ1) is 18.4. The van der Waals surface area contributed by atoms with E-state index >= 15 is 0 Å². The van der Waals surface area contributed by atoms with Crippen LogP contribution in [-0.4, -0.2) is 17.6 Å². The van der Waals surface area contributed by atoms with Crippen LogP contribution in [0.25, 0.3) is 11.1 Å². The molecule has 0 aliphatic carbocycles. The third-order valence-electron chi connectivity index (χ3n) is 2.78. The Bertz CT molecular complexity index is 788. The standard InChI is InChI=1S/C14H7F6NO4/c15-13(16,17)24-10-3-1-2-8(6-10)9-4-5-12(25-14(18,19)20)11(7-9)21(22)23/h1-7H. The normalized spacial score (nSPS) is 11.9. The van der Waals surface area contributed by atoms with Crippen molar-refractivity contribution in [2.75, 3.05) is 0 Å². The molecular formula is C14H7F6NO4.